The molecule has 0 aromatic heterocycles. The Kier molecular flexibility index (Phi) is 8.57. The summed E-state index contributed by atoms with van der Waals surface area (Å²) in [7, 11) is 3.09. The van der Waals surface area contributed by atoms with Gasteiger partial charge in [0.25, 0.3) is 5.91 Å². The van der Waals surface area contributed by atoms with Gasteiger partial charge in [-0.2, -0.15) is 0 Å². The van der Waals surface area contributed by atoms with E-state index in [0.717, 1.165) is 44.1 Å². The van der Waals surface area contributed by atoms with Crippen LogP contribution in [0.5, 0.6) is 23.0 Å². The van der Waals surface area contributed by atoms with Crippen molar-refractivity contribution in [3.05, 3.63) is 47.5 Å². The van der Waals surface area contributed by atoms with Crippen molar-refractivity contribution in [1.82, 2.24) is 10.2 Å². The zero-order chi connectivity index (χ0) is 25.5. The Bertz CT molecular complexity index is 1070. The number of carbonyl (C=O) groups excluding carboxylic acids is 2. The quantitative estimate of drug-likeness (QED) is 0.486. The van der Waals surface area contributed by atoms with E-state index in [2.05, 4.69) is 12.2 Å². The number of amides is 2. The van der Waals surface area contributed by atoms with Gasteiger partial charge in [-0.05, 0) is 55.2 Å². The summed E-state index contributed by atoms with van der Waals surface area (Å²) in [5, 5.41) is 3.22. The number of nitrogens with zero attached hydrogens (tertiary/aromatic N) is 1. The molecule has 4 rings (SSSR count). The molecular formula is C28H36N2O6. The van der Waals surface area contributed by atoms with Crippen molar-refractivity contribution in [3.63, 3.8) is 0 Å². The van der Waals surface area contributed by atoms with E-state index in [4.69, 9.17) is 18.9 Å². The maximum atomic E-state index is 14.0. The second-order valence-electron chi connectivity index (χ2n) is 9.34. The van der Waals surface area contributed by atoms with Crippen molar-refractivity contribution in [2.75, 3.05) is 21.0 Å². The third kappa shape index (κ3) is 5.86. The Morgan fingerprint density at radius 1 is 1.03 bits per heavy atom. The second kappa shape index (κ2) is 12.0. The van der Waals surface area contributed by atoms with Crippen molar-refractivity contribution in [2.24, 2.45) is 0 Å². The van der Waals surface area contributed by atoms with Gasteiger partial charge in [0.15, 0.2) is 23.0 Å². The number of nitrogens with one attached hydrogen (secondary N) is 1. The molecule has 0 bridgehead atoms. The van der Waals surface area contributed by atoms with Gasteiger partial charge < -0.3 is 29.2 Å². The maximum absolute atomic E-state index is 14.0. The van der Waals surface area contributed by atoms with Crippen LogP contribution in [0.1, 0.15) is 67.8 Å². The van der Waals surface area contributed by atoms with E-state index in [1.165, 1.54) is 7.11 Å². The molecule has 36 heavy (non-hydrogen) atoms. The highest BCUT2D eigenvalue weighted by molar-refractivity contribution is 5.98. The summed E-state index contributed by atoms with van der Waals surface area (Å²) >= 11 is 0. The van der Waals surface area contributed by atoms with Gasteiger partial charge in [-0.3, -0.25) is 9.59 Å². The van der Waals surface area contributed by atoms with Gasteiger partial charge in [0, 0.05) is 18.2 Å². The van der Waals surface area contributed by atoms with Crippen LogP contribution in [0.3, 0.4) is 0 Å². The van der Waals surface area contributed by atoms with Gasteiger partial charge in [0.2, 0.25) is 12.7 Å². The molecule has 1 aliphatic heterocycles. The molecule has 8 heteroatoms. The van der Waals surface area contributed by atoms with E-state index < -0.39 is 6.04 Å². The average molecular weight is 497 g/mol. The summed E-state index contributed by atoms with van der Waals surface area (Å²) in [5.74, 6) is 2.00. The van der Waals surface area contributed by atoms with Crippen molar-refractivity contribution >= 4 is 11.8 Å². The lowest BCUT2D eigenvalue weighted by atomic mass is 10.0. The SMILES string of the molecule is CCCC[C@@H](C(=O)NC1CCCC1)N(Cc1ccc2c(c1)OCO2)C(=O)c1ccc(OC)c(OC)c1. The van der Waals surface area contributed by atoms with Crippen LogP contribution in [0.4, 0.5) is 0 Å². The number of ether oxygens (including phenoxy) is 4. The van der Waals surface area contributed by atoms with E-state index >= 15 is 0 Å². The van der Waals surface area contributed by atoms with Gasteiger partial charge in [-0.25, -0.2) is 0 Å². The molecule has 1 heterocycles. The van der Waals surface area contributed by atoms with Crippen molar-refractivity contribution in [2.45, 2.75) is 70.5 Å². The van der Waals surface area contributed by atoms with Crippen molar-refractivity contribution in [3.8, 4) is 23.0 Å². The zero-order valence-electron chi connectivity index (χ0n) is 21.4. The third-order valence-electron chi connectivity index (χ3n) is 6.89. The normalized spacial score (nSPS) is 15.4. The summed E-state index contributed by atoms with van der Waals surface area (Å²) in [6, 6.07) is 10.3. The predicted molar refractivity (Wildman–Crippen MR) is 136 cm³/mol. The summed E-state index contributed by atoms with van der Waals surface area (Å²) in [5.41, 5.74) is 1.30. The minimum Gasteiger partial charge on any atom is -0.493 e. The first-order valence-electron chi connectivity index (χ1n) is 12.8. The first-order valence-corrected chi connectivity index (χ1v) is 12.8. The Morgan fingerprint density at radius 3 is 2.50 bits per heavy atom. The molecule has 0 spiro atoms. The molecule has 0 radical (unpaired) electrons. The molecule has 0 saturated heterocycles. The molecule has 1 aliphatic carbocycles. The Balaban J connectivity index is 1.67. The van der Waals surface area contributed by atoms with Gasteiger partial charge in [-0.1, -0.05) is 38.7 Å². The number of fused-ring (bicyclic) bond motifs is 1. The number of benzene rings is 2. The van der Waals surface area contributed by atoms with Gasteiger partial charge in [0.1, 0.15) is 6.04 Å². The molecule has 1 N–H and O–H groups in total. The highest BCUT2D eigenvalue weighted by Gasteiger charge is 2.32. The molecule has 1 saturated carbocycles. The Labute approximate surface area is 212 Å². The smallest absolute Gasteiger partial charge is 0.254 e. The van der Waals surface area contributed by atoms with Gasteiger partial charge >= 0.3 is 0 Å². The lowest BCUT2D eigenvalue weighted by Gasteiger charge is -2.32. The van der Waals surface area contributed by atoms with E-state index in [-0.39, 0.29) is 31.2 Å². The van der Waals surface area contributed by atoms with Crippen LogP contribution in [0.2, 0.25) is 0 Å². The Morgan fingerprint density at radius 2 is 1.78 bits per heavy atom. The standard InChI is InChI=1S/C28H36N2O6/c1-4-5-10-22(27(31)29-21-8-6-7-9-21)30(17-19-11-13-24-26(15-19)36-18-35-24)28(32)20-12-14-23(33-2)25(16-20)34-3/h11-16,21-22H,4-10,17-18H2,1-3H3,(H,29,31)/t22-/m0/s1. The number of rotatable bonds is 11. The average Bonchev–Trinajstić information content (AvgIpc) is 3.59. The molecule has 1 fully saturated rings. The van der Waals surface area contributed by atoms with Crippen LogP contribution in [-0.2, 0) is 11.3 Å². The van der Waals surface area contributed by atoms with E-state index in [0.29, 0.717) is 35.0 Å². The minimum atomic E-state index is -0.600. The first-order chi connectivity index (χ1) is 17.5. The lowest BCUT2D eigenvalue weighted by molar-refractivity contribution is -0.126. The van der Waals surface area contributed by atoms with E-state index in [9.17, 15) is 9.59 Å². The van der Waals surface area contributed by atoms with E-state index in [1.807, 2.05) is 18.2 Å². The summed E-state index contributed by atoms with van der Waals surface area (Å²) in [6.07, 6.45) is 6.55. The number of carbonyl (C=O) groups is 2. The topological polar surface area (TPSA) is 86.3 Å². The van der Waals surface area contributed by atoms with Crippen molar-refractivity contribution in [1.29, 1.82) is 0 Å². The van der Waals surface area contributed by atoms with E-state index in [1.54, 1.807) is 30.2 Å². The van der Waals surface area contributed by atoms with Crippen molar-refractivity contribution < 1.29 is 28.5 Å². The monoisotopic (exact) mass is 496 g/mol. The number of unbranched alkanes of at least 4 members (excludes halogenated alkanes) is 1. The lowest BCUT2D eigenvalue weighted by Crippen LogP contribution is -2.51. The molecule has 1 atom stereocenters. The third-order valence-corrected chi connectivity index (χ3v) is 6.89. The molecule has 2 amide bonds. The molecule has 0 unspecified atom stereocenters. The number of hydrogen-bond acceptors (Lipinski definition) is 6. The van der Waals surface area contributed by atoms with Crippen LogP contribution in [0.25, 0.3) is 0 Å². The molecule has 194 valence electrons. The van der Waals surface area contributed by atoms with Crippen LogP contribution in [0.15, 0.2) is 36.4 Å². The molecule has 8 nitrogen and oxygen atoms in total. The fraction of sp³-hybridized carbons (Fsp3) is 0.500. The zero-order valence-corrected chi connectivity index (χ0v) is 21.4. The highest BCUT2D eigenvalue weighted by atomic mass is 16.7. The summed E-state index contributed by atoms with van der Waals surface area (Å²) in [4.78, 5) is 29.3. The molecule has 2 aromatic rings. The Hall–Kier alpha value is -3.42. The van der Waals surface area contributed by atoms with Crippen LogP contribution in [-0.4, -0.2) is 49.8 Å². The van der Waals surface area contributed by atoms with Gasteiger partial charge in [0.05, 0.1) is 14.2 Å². The first kappa shape index (κ1) is 25.7. The highest BCUT2D eigenvalue weighted by Crippen LogP contribution is 2.34. The van der Waals surface area contributed by atoms with Crippen LogP contribution in [0, 0.1) is 0 Å². The minimum absolute atomic E-state index is 0.0927. The maximum Gasteiger partial charge on any atom is 0.254 e. The fourth-order valence-corrected chi connectivity index (χ4v) is 4.89. The molecule has 2 aliphatic rings. The van der Waals surface area contributed by atoms with Crippen LogP contribution < -0.4 is 24.3 Å². The summed E-state index contributed by atoms with van der Waals surface area (Å²) in [6.45, 7) is 2.52. The summed E-state index contributed by atoms with van der Waals surface area (Å²) < 4.78 is 21.8. The largest absolute Gasteiger partial charge is 0.493 e. The number of hydrogen-bond donors (Lipinski definition) is 1. The number of methoxy groups -OCH3 is 2. The van der Waals surface area contributed by atoms with Gasteiger partial charge in [-0.15, -0.1) is 0 Å². The van der Waals surface area contributed by atoms with Crippen LogP contribution >= 0.6 is 0 Å². The fourth-order valence-electron chi connectivity index (χ4n) is 4.89. The molecule has 2 aromatic carbocycles. The predicted octanol–water partition coefficient (Wildman–Crippen LogP) is 4.69. The second-order valence-corrected chi connectivity index (χ2v) is 9.34. The molecular weight excluding hydrogens is 460 g/mol.